The van der Waals surface area contributed by atoms with Crippen LogP contribution in [0.5, 0.6) is 0 Å². The van der Waals surface area contributed by atoms with Crippen LogP contribution in [0.25, 0.3) is 0 Å². The van der Waals surface area contributed by atoms with Gasteiger partial charge < -0.3 is 4.74 Å². The summed E-state index contributed by atoms with van der Waals surface area (Å²) in [6, 6.07) is 0. The molecule has 2 heteroatoms. The van der Waals surface area contributed by atoms with Gasteiger partial charge in [0.25, 0.3) is 0 Å². The van der Waals surface area contributed by atoms with E-state index < -0.39 is 0 Å². The first kappa shape index (κ1) is 11.1. The van der Waals surface area contributed by atoms with Gasteiger partial charge in [-0.05, 0) is 51.5 Å². The van der Waals surface area contributed by atoms with Gasteiger partial charge in [-0.1, -0.05) is 17.6 Å². The Morgan fingerprint density at radius 2 is 1.65 bits per heavy atom. The molecule has 1 heterocycles. The molecule has 0 radical (unpaired) electrons. The fourth-order valence-electron chi connectivity index (χ4n) is 3.50. The summed E-state index contributed by atoms with van der Waals surface area (Å²) in [5, 5.41) is 0. The van der Waals surface area contributed by atoms with Gasteiger partial charge >= 0.3 is 5.97 Å². The van der Waals surface area contributed by atoms with Crippen molar-refractivity contribution < 1.29 is 9.53 Å². The molecule has 0 aromatic carbocycles. The molecule has 2 nitrogen and oxygen atoms in total. The number of ether oxygens (including phenoxy) is 1. The topological polar surface area (TPSA) is 26.3 Å². The molecule has 0 unspecified atom stereocenters. The Bertz CT molecular complexity index is 434. The lowest BCUT2D eigenvalue weighted by molar-refractivity contribution is -0.149. The summed E-state index contributed by atoms with van der Waals surface area (Å²) in [5.74, 6) is -0.0336. The second-order valence-electron chi connectivity index (χ2n) is 5.82. The number of carbonyl (C=O) groups is 1. The highest BCUT2D eigenvalue weighted by Crippen LogP contribution is 2.49. The third-order valence-electron chi connectivity index (χ3n) is 4.72. The van der Waals surface area contributed by atoms with E-state index in [4.69, 9.17) is 4.74 Å². The summed E-state index contributed by atoms with van der Waals surface area (Å²) >= 11 is 0. The van der Waals surface area contributed by atoms with Crippen LogP contribution in [0.2, 0.25) is 0 Å². The lowest BCUT2D eigenvalue weighted by Crippen LogP contribution is -2.34. The maximum atomic E-state index is 12.0. The summed E-state index contributed by atoms with van der Waals surface area (Å²) in [6.07, 6.45) is 7.57. The Morgan fingerprint density at radius 1 is 1.00 bits per heavy atom. The van der Waals surface area contributed by atoms with Crippen LogP contribution in [0.15, 0.2) is 22.3 Å². The van der Waals surface area contributed by atoms with E-state index in [1.165, 1.54) is 36.0 Å². The van der Waals surface area contributed by atoms with Crippen molar-refractivity contribution in [3.63, 3.8) is 0 Å². The van der Waals surface area contributed by atoms with Crippen LogP contribution >= 0.6 is 0 Å². The molecule has 1 spiro atoms. The van der Waals surface area contributed by atoms with Crippen LogP contribution in [0, 0.1) is 0 Å². The quantitative estimate of drug-likeness (QED) is 0.470. The summed E-state index contributed by atoms with van der Waals surface area (Å²) in [4.78, 5) is 12.0. The van der Waals surface area contributed by atoms with Crippen LogP contribution < -0.4 is 0 Å². The van der Waals surface area contributed by atoms with Gasteiger partial charge in [0.1, 0.15) is 5.60 Å². The van der Waals surface area contributed by atoms with Crippen LogP contribution in [-0.2, 0) is 9.53 Å². The minimum Gasteiger partial charge on any atom is -0.451 e. The van der Waals surface area contributed by atoms with Gasteiger partial charge in [0.05, 0.1) is 0 Å². The third kappa shape index (κ3) is 1.57. The Hall–Kier alpha value is -1.05. The molecule has 3 aliphatic rings. The van der Waals surface area contributed by atoms with E-state index in [0.717, 1.165) is 31.3 Å². The molecule has 1 fully saturated rings. The van der Waals surface area contributed by atoms with Crippen LogP contribution in [0.3, 0.4) is 0 Å². The van der Waals surface area contributed by atoms with E-state index in [1.807, 2.05) is 0 Å². The largest absolute Gasteiger partial charge is 0.451 e. The Balaban J connectivity index is 1.98. The van der Waals surface area contributed by atoms with Crippen LogP contribution in [0.4, 0.5) is 0 Å². The minimum atomic E-state index is -0.202. The molecule has 92 valence electrons. The SMILES string of the molecule is CC1=C(C)CC2=C(C1)C(=O)OC21CCCCC1. The van der Waals surface area contributed by atoms with Crippen LogP contribution in [0.1, 0.15) is 58.8 Å². The molecule has 0 aromatic heterocycles. The molecule has 17 heavy (non-hydrogen) atoms. The van der Waals surface area contributed by atoms with Gasteiger partial charge in [0.15, 0.2) is 0 Å². The number of carbonyl (C=O) groups excluding carboxylic acids is 1. The molecule has 0 saturated heterocycles. The van der Waals surface area contributed by atoms with Crippen molar-refractivity contribution in [1.29, 1.82) is 0 Å². The number of rotatable bonds is 0. The predicted octanol–water partition coefficient (Wildman–Crippen LogP) is 3.67. The molecule has 0 bridgehead atoms. The van der Waals surface area contributed by atoms with Gasteiger partial charge in [-0.2, -0.15) is 0 Å². The lowest BCUT2D eigenvalue weighted by atomic mass is 9.74. The highest BCUT2D eigenvalue weighted by molar-refractivity contribution is 5.94. The highest BCUT2D eigenvalue weighted by atomic mass is 16.6. The Kier molecular flexibility index (Phi) is 2.42. The van der Waals surface area contributed by atoms with Crippen molar-refractivity contribution >= 4 is 5.97 Å². The zero-order chi connectivity index (χ0) is 12.0. The molecule has 1 saturated carbocycles. The maximum Gasteiger partial charge on any atom is 0.335 e. The third-order valence-corrected chi connectivity index (χ3v) is 4.72. The first-order chi connectivity index (χ1) is 8.12. The normalized spacial score (nSPS) is 27.5. The van der Waals surface area contributed by atoms with E-state index in [0.29, 0.717) is 0 Å². The molecule has 2 aliphatic carbocycles. The smallest absolute Gasteiger partial charge is 0.335 e. The molecule has 0 N–H and O–H groups in total. The predicted molar refractivity (Wildman–Crippen MR) is 66.5 cm³/mol. The Morgan fingerprint density at radius 3 is 2.35 bits per heavy atom. The van der Waals surface area contributed by atoms with Gasteiger partial charge in [0.2, 0.25) is 0 Å². The maximum absolute atomic E-state index is 12.0. The first-order valence-corrected chi connectivity index (χ1v) is 6.73. The molecule has 0 amide bonds. The second kappa shape index (κ2) is 3.72. The zero-order valence-corrected chi connectivity index (χ0v) is 10.8. The van der Waals surface area contributed by atoms with Gasteiger partial charge in [-0.25, -0.2) is 4.79 Å². The fraction of sp³-hybridized carbons (Fsp3) is 0.667. The number of esters is 1. The molecule has 1 aliphatic heterocycles. The fourth-order valence-corrected chi connectivity index (χ4v) is 3.50. The van der Waals surface area contributed by atoms with Crippen molar-refractivity contribution in [3.8, 4) is 0 Å². The highest BCUT2D eigenvalue weighted by Gasteiger charge is 2.48. The standard InChI is InChI=1S/C15H20O2/c1-10-8-12-13(9-11(10)2)15(17-14(12)16)6-4-3-5-7-15/h3-9H2,1-2H3. The summed E-state index contributed by atoms with van der Waals surface area (Å²) in [7, 11) is 0. The monoisotopic (exact) mass is 232 g/mol. The summed E-state index contributed by atoms with van der Waals surface area (Å²) in [6.45, 7) is 4.33. The van der Waals surface area contributed by atoms with Gasteiger partial charge in [0, 0.05) is 12.0 Å². The van der Waals surface area contributed by atoms with Gasteiger partial charge in [-0.15, -0.1) is 0 Å². The van der Waals surface area contributed by atoms with E-state index in [1.54, 1.807) is 0 Å². The first-order valence-electron chi connectivity index (χ1n) is 6.73. The van der Waals surface area contributed by atoms with Gasteiger partial charge in [-0.3, -0.25) is 0 Å². The van der Waals surface area contributed by atoms with Crippen molar-refractivity contribution in [1.82, 2.24) is 0 Å². The van der Waals surface area contributed by atoms with E-state index in [-0.39, 0.29) is 11.6 Å². The molecule has 3 rings (SSSR count). The van der Waals surface area contributed by atoms with Crippen molar-refractivity contribution in [2.24, 2.45) is 0 Å². The van der Waals surface area contributed by atoms with Crippen molar-refractivity contribution in [2.45, 2.75) is 64.4 Å². The van der Waals surface area contributed by atoms with Crippen molar-refractivity contribution in [3.05, 3.63) is 22.3 Å². The molecule has 0 aromatic rings. The van der Waals surface area contributed by atoms with E-state index in [9.17, 15) is 4.79 Å². The number of allylic oxidation sites excluding steroid dienone is 2. The number of hydrogen-bond acceptors (Lipinski definition) is 2. The second-order valence-corrected chi connectivity index (χ2v) is 5.82. The van der Waals surface area contributed by atoms with E-state index >= 15 is 0 Å². The molecular weight excluding hydrogens is 212 g/mol. The Labute approximate surface area is 103 Å². The number of fused-ring (bicyclic) bond motifs is 1. The van der Waals surface area contributed by atoms with Crippen LogP contribution in [-0.4, -0.2) is 11.6 Å². The van der Waals surface area contributed by atoms with E-state index in [2.05, 4.69) is 13.8 Å². The summed E-state index contributed by atoms with van der Waals surface area (Å²) < 4.78 is 5.79. The molecular formula is C15H20O2. The average molecular weight is 232 g/mol. The average Bonchev–Trinajstić information content (AvgIpc) is 2.55. The molecule has 0 atom stereocenters. The van der Waals surface area contributed by atoms with Crippen molar-refractivity contribution in [2.75, 3.05) is 0 Å². The zero-order valence-electron chi connectivity index (χ0n) is 10.8. The lowest BCUT2D eigenvalue weighted by Gasteiger charge is -2.35. The minimum absolute atomic E-state index is 0.0336. The number of hydrogen-bond donors (Lipinski definition) is 0. The summed E-state index contributed by atoms with van der Waals surface area (Å²) in [5.41, 5.74) is 4.90.